The van der Waals surface area contributed by atoms with Crippen molar-refractivity contribution < 1.29 is 18.4 Å². The van der Waals surface area contributed by atoms with Crippen molar-refractivity contribution in [1.82, 2.24) is 15.5 Å². The SMILES string of the molecule is CC(C)(NC(=O)c1cc(NC(=O)c2cc(F)c(F)cc2Cl)[nH]n1)c1ccccc1. The number of carbonyl (C=O) groups excluding carboxylic acids is 2. The van der Waals surface area contributed by atoms with Crippen molar-refractivity contribution in [1.29, 1.82) is 0 Å². The fraction of sp³-hybridized carbons (Fsp3) is 0.150. The van der Waals surface area contributed by atoms with Crippen molar-refractivity contribution in [3.63, 3.8) is 0 Å². The summed E-state index contributed by atoms with van der Waals surface area (Å²) in [7, 11) is 0. The molecule has 0 bridgehead atoms. The first-order valence-electron chi connectivity index (χ1n) is 8.57. The third-order valence-corrected chi connectivity index (χ3v) is 4.55. The highest BCUT2D eigenvalue weighted by Crippen LogP contribution is 2.22. The molecule has 3 rings (SSSR count). The Labute approximate surface area is 170 Å². The van der Waals surface area contributed by atoms with Crippen LogP contribution in [0.2, 0.25) is 5.02 Å². The lowest BCUT2D eigenvalue weighted by molar-refractivity contribution is 0.0906. The Bertz CT molecular complexity index is 1070. The Balaban J connectivity index is 1.71. The van der Waals surface area contributed by atoms with Gasteiger partial charge < -0.3 is 10.6 Å². The molecule has 0 radical (unpaired) electrons. The Morgan fingerprint density at radius 3 is 2.38 bits per heavy atom. The number of H-pyrrole nitrogens is 1. The second kappa shape index (κ2) is 8.00. The lowest BCUT2D eigenvalue weighted by Gasteiger charge is -2.26. The van der Waals surface area contributed by atoms with E-state index in [0.29, 0.717) is 12.1 Å². The number of aromatic nitrogens is 2. The summed E-state index contributed by atoms with van der Waals surface area (Å²) in [6.45, 7) is 3.70. The van der Waals surface area contributed by atoms with E-state index in [1.165, 1.54) is 6.07 Å². The fourth-order valence-electron chi connectivity index (χ4n) is 2.66. The molecule has 0 spiro atoms. The van der Waals surface area contributed by atoms with Crippen LogP contribution in [0.3, 0.4) is 0 Å². The first-order valence-corrected chi connectivity index (χ1v) is 8.94. The van der Waals surface area contributed by atoms with Gasteiger partial charge >= 0.3 is 0 Å². The van der Waals surface area contributed by atoms with Gasteiger partial charge in [0.2, 0.25) is 0 Å². The van der Waals surface area contributed by atoms with Gasteiger partial charge in [-0.15, -0.1) is 0 Å². The average molecular weight is 419 g/mol. The summed E-state index contributed by atoms with van der Waals surface area (Å²) in [6.07, 6.45) is 0. The molecule has 1 aromatic heterocycles. The zero-order valence-corrected chi connectivity index (χ0v) is 16.3. The number of nitrogens with zero attached hydrogens (tertiary/aromatic N) is 1. The van der Waals surface area contributed by atoms with Crippen LogP contribution in [-0.4, -0.2) is 22.0 Å². The van der Waals surface area contributed by atoms with Gasteiger partial charge in [0.1, 0.15) is 5.82 Å². The third kappa shape index (κ3) is 4.60. The number of carbonyl (C=O) groups is 2. The summed E-state index contributed by atoms with van der Waals surface area (Å²) in [5.41, 5.74) is 0.0438. The molecule has 0 saturated heterocycles. The minimum Gasteiger partial charge on any atom is -0.342 e. The van der Waals surface area contributed by atoms with Crippen molar-refractivity contribution in [2.75, 3.05) is 5.32 Å². The zero-order valence-electron chi connectivity index (χ0n) is 15.5. The van der Waals surface area contributed by atoms with Crippen LogP contribution >= 0.6 is 11.6 Å². The molecule has 0 saturated carbocycles. The van der Waals surface area contributed by atoms with Crippen LogP contribution in [0.5, 0.6) is 0 Å². The molecule has 0 aliphatic carbocycles. The van der Waals surface area contributed by atoms with Crippen molar-refractivity contribution in [3.05, 3.63) is 82.0 Å². The van der Waals surface area contributed by atoms with Crippen LogP contribution in [-0.2, 0) is 5.54 Å². The maximum absolute atomic E-state index is 13.4. The summed E-state index contributed by atoms with van der Waals surface area (Å²) in [4.78, 5) is 24.8. The van der Waals surface area contributed by atoms with E-state index in [1.807, 2.05) is 44.2 Å². The van der Waals surface area contributed by atoms with E-state index in [1.54, 1.807) is 0 Å². The minimum absolute atomic E-state index is 0.0423. The molecule has 2 amide bonds. The molecule has 1 heterocycles. The second-order valence-electron chi connectivity index (χ2n) is 6.81. The molecule has 0 aliphatic rings. The van der Waals surface area contributed by atoms with Gasteiger partial charge in [-0.25, -0.2) is 8.78 Å². The highest BCUT2D eigenvalue weighted by Gasteiger charge is 2.25. The molecule has 0 unspecified atom stereocenters. The molecule has 150 valence electrons. The third-order valence-electron chi connectivity index (χ3n) is 4.23. The van der Waals surface area contributed by atoms with E-state index in [2.05, 4.69) is 20.8 Å². The summed E-state index contributed by atoms with van der Waals surface area (Å²) in [6, 6.07) is 12.1. The summed E-state index contributed by atoms with van der Waals surface area (Å²) < 4.78 is 26.5. The van der Waals surface area contributed by atoms with Crippen LogP contribution < -0.4 is 10.6 Å². The quantitative estimate of drug-likeness (QED) is 0.541. The number of amides is 2. The topological polar surface area (TPSA) is 86.9 Å². The Morgan fingerprint density at radius 1 is 1.03 bits per heavy atom. The number of anilines is 1. The number of hydrogen-bond donors (Lipinski definition) is 3. The molecular weight excluding hydrogens is 402 g/mol. The maximum atomic E-state index is 13.4. The number of aromatic amines is 1. The first kappa shape index (κ1) is 20.5. The Hall–Kier alpha value is -3.26. The predicted octanol–water partition coefficient (Wildman–Crippen LogP) is 4.26. The lowest BCUT2D eigenvalue weighted by Crippen LogP contribution is -2.41. The van der Waals surface area contributed by atoms with Gasteiger partial charge in [-0.1, -0.05) is 41.9 Å². The van der Waals surface area contributed by atoms with Gasteiger partial charge in [-0.3, -0.25) is 14.7 Å². The van der Waals surface area contributed by atoms with Gasteiger partial charge in [0, 0.05) is 6.07 Å². The smallest absolute Gasteiger partial charge is 0.272 e. The Kier molecular flexibility index (Phi) is 5.65. The van der Waals surface area contributed by atoms with Crippen molar-refractivity contribution in [2.45, 2.75) is 19.4 Å². The monoisotopic (exact) mass is 418 g/mol. The van der Waals surface area contributed by atoms with E-state index in [9.17, 15) is 18.4 Å². The van der Waals surface area contributed by atoms with Gasteiger partial charge in [0.15, 0.2) is 17.3 Å². The summed E-state index contributed by atoms with van der Waals surface area (Å²) >= 11 is 5.79. The largest absolute Gasteiger partial charge is 0.342 e. The standard InChI is InChI=1S/C20H17ClF2N4O2/c1-20(2,11-6-4-3-5-7-11)25-19(29)16-10-17(27-26-16)24-18(28)12-8-14(22)15(23)9-13(12)21/h3-10H,1-2H3,(H,25,29)(H2,24,26,27,28). The van der Waals surface area contributed by atoms with Gasteiger partial charge in [-0.05, 0) is 31.5 Å². The van der Waals surface area contributed by atoms with Gasteiger partial charge in [0.05, 0.1) is 16.1 Å². The molecule has 29 heavy (non-hydrogen) atoms. The molecule has 0 atom stereocenters. The van der Waals surface area contributed by atoms with E-state index < -0.39 is 29.0 Å². The molecule has 9 heteroatoms. The van der Waals surface area contributed by atoms with E-state index in [-0.39, 0.29) is 22.1 Å². The van der Waals surface area contributed by atoms with E-state index >= 15 is 0 Å². The van der Waals surface area contributed by atoms with Crippen LogP contribution in [0.25, 0.3) is 0 Å². The van der Waals surface area contributed by atoms with Crippen LogP contribution in [0, 0.1) is 11.6 Å². The predicted molar refractivity (Wildman–Crippen MR) is 105 cm³/mol. The number of halogens is 3. The Morgan fingerprint density at radius 2 is 1.69 bits per heavy atom. The molecule has 0 aliphatic heterocycles. The molecule has 3 aromatic rings. The first-order chi connectivity index (χ1) is 13.7. The second-order valence-corrected chi connectivity index (χ2v) is 7.22. The van der Waals surface area contributed by atoms with Crippen molar-refractivity contribution in [2.24, 2.45) is 0 Å². The van der Waals surface area contributed by atoms with Gasteiger partial charge in [0.25, 0.3) is 11.8 Å². The van der Waals surface area contributed by atoms with Gasteiger partial charge in [-0.2, -0.15) is 5.10 Å². The van der Waals surface area contributed by atoms with Crippen LogP contribution in [0.15, 0.2) is 48.5 Å². The number of rotatable bonds is 5. The van der Waals surface area contributed by atoms with Crippen LogP contribution in [0.4, 0.5) is 14.6 Å². The maximum Gasteiger partial charge on any atom is 0.272 e. The van der Waals surface area contributed by atoms with E-state index in [4.69, 9.17) is 11.6 Å². The highest BCUT2D eigenvalue weighted by atomic mass is 35.5. The molecule has 2 aromatic carbocycles. The fourth-order valence-corrected chi connectivity index (χ4v) is 2.90. The van der Waals surface area contributed by atoms with Crippen LogP contribution in [0.1, 0.15) is 40.3 Å². The van der Waals surface area contributed by atoms with Crippen molar-refractivity contribution in [3.8, 4) is 0 Å². The number of hydrogen-bond acceptors (Lipinski definition) is 3. The lowest BCUT2D eigenvalue weighted by atomic mass is 9.94. The number of nitrogens with one attached hydrogen (secondary N) is 3. The molecular formula is C20H17ClF2N4O2. The zero-order chi connectivity index (χ0) is 21.2. The van der Waals surface area contributed by atoms with Crippen molar-refractivity contribution >= 4 is 29.2 Å². The molecule has 3 N–H and O–H groups in total. The summed E-state index contributed by atoms with van der Waals surface area (Å²) in [5, 5.41) is 11.4. The normalized spacial score (nSPS) is 11.2. The molecule has 0 fully saturated rings. The number of benzene rings is 2. The average Bonchev–Trinajstić information content (AvgIpc) is 3.13. The minimum atomic E-state index is -1.20. The highest BCUT2D eigenvalue weighted by molar-refractivity contribution is 6.34. The molecule has 6 nitrogen and oxygen atoms in total. The van der Waals surface area contributed by atoms with E-state index in [0.717, 1.165) is 5.56 Å². The summed E-state index contributed by atoms with van der Waals surface area (Å²) in [5.74, 6) is -3.51.